The summed E-state index contributed by atoms with van der Waals surface area (Å²) in [6.45, 7) is 0. The number of rotatable bonds is 4. The Labute approximate surface area is 61.5 Å². The van der Waals surface area contributed by atoms with E-state index in [1.54, 1.807) is 0 Å². The molecule has 0 radical (unpaired) electrons. The molecule has 44 valence electrons. The molecule has 0 N–H and O–H groups in total. The minimum atomic E-state index is 0.448. The Bertz CT molecular complexity index is 32.9. The summed E-state index contributed by atoms with van der Waals surface area (Å²) in [6, 6.07) is 0. The molecule has 0 aromatic rings. The fourth-order valence-corrected chi connectivity index (χ4v) is 1.29. The van der Waals surface area contributed by atoms with Gasteiger partial charge in [-0.2, -0.15) is 0 Å². The van der Waals surface area contributed by atoms with Crippen molar-refractivity contribution in [2.75, 3.05) is 10.4 Å². The van der Waals surface area contributed by atoms with Crippen LogP contribution in [0.15, 0.2) is 0 Å². The van der Waals surface area contributed by atoms with E-state index in [4.69, 9.17) is 26.8 Å². The van der Waals surface area contributed by atoms with E-state index in [1.165, 1.54) is 24.1 Å². The van der Waals surface area contributed by atoms with Gasteiger partial charge in [0.2, 0.25) is 0 Å². The first-order chi connectivity index (χ1) is 3.41. The molecule has 5 heteroatoms. The summed E-state index contributed by atoms with van der Waals surface area (Å²) >= 11 is 12.8. The zero-order valence-corrected chi connectivity index (χ0v) is 6.54. The van der Waals surface area contributed by atoms with E-state index in [9.17, 15) is 0 Å². The first kappa shape index (κ1) is 8.24. The third-order valence-electron chi connectivity index (χ3n) is 0.185. The zero-order valence-electron chi connectivity index (χ0n) is 3.39. The third-order valence-corrected chi connectivity index (χ3v) is 1.67. The van der Waals surface area contributed by atoms with Crippen molar-refractivity contribution < 1.29 is 3.63 Å². The lowest BCUT2D eigenvalue weighted by atomic mass is 11.9. The summed E-state index contributed by atoms with van der Waals surface area (Å²) < 4.78 is 4.70. The highest BCUT2D eigenvalue weighted by Gasteiger charge is 1.82. The summed E-state index contributed by atoms with van der Waals surface area (Å²) in [6.07, 6.45) is 0. The van der Waals surface area contributed by atoms with Crippen LogP contribution in [-0.4, -0.2) is 10.4 Å². The summed E-state index contributed by atoms with van der Waals surface area (Å²) in [7, 11) is 0. The number of hydrogen-bond acceptors (Lipinski definition) is 3. The van der Waals surface area contributed by atoms with E-state index < -0.39 is 0 Å². The normalized spacial score (nSPS) is 9.43. The zero-order chi connectivity index (χ0) is 5.54. The van der Waals surface area contributed by atoms with Gasteiger partial charge in [-0.25, -0.2) is 3.63 Å². The Hall–Kier alpha value is 1.24. The van der Waals surface area contributed by atoms with Crippen LogP contribution in [0.1, 0.15) is 0 Å². The maximum Gasteiger partial charge on any atom is 0.0955 e. The van der Waals surface area contributed by atoms with E-state index in [0.717, 1.165) is 0 Å². The van der Waals surface area contributed by atoms with Crippen molar-refractivity contribution in [3.8, 4) is 0 Å². The highest BCUT2D eigenvalue weighted by Crippen LogP contribution is 2.15. The second-order valence-electron chi connectivity index (χ2n) is 0.522. The molecule has 0 atom stereocenters. The lowest BCUT2D eigenvalue weighted by Gasteiger charge is -1.89. The average molecular weight is 179 g/mol. The van der Waals surface area contributed by atoms with Crippen LogP contribution in [0.4, 0.5) is 0 Å². The van der Waals surface area contributed by atoms with E-state index in [-0.39, 0.29) is 0 Å². The molecule has 0 saturated carbocycles. The van der Waals surface area contributed by atoms with Crippen molar-refractivity contribution in [2.45, 2.75) is 0 Å². The first-order valence-electron chi connectivity index (χ1n) is 1.45. The highest BCUT2D eigenvalue weighted by molar-refractivity contribution is 8.08. The summed E-state index contributed by atoms with van der Waals surface area (Å²) in [5.41, 5.74) is 0. The van der Waals surface area contributed by atoms with Gasteiger partial charge in [-0.05, 0) is 0 Å². The molecule has 0 rings (SSSR count). The Balaban J connectivity index is 2.45. The molecule has 0 aliphatic rings. The molecular formula is C2H4Cl2OS2. The van der Waals surface area contributed by atoms with E-state index in [0.29, 0.717) is 10.4 Å². The van der Waals surface area contributed by atoms with Gasteiger partial charge in [0.05, 0.1) is 10.4 Å². The molecule has 0 heterocycles. The van der Waals surface area contributed by atoms with E-state index >= 15 is 0 Å². The standard InChI is InChI=1S/C2H4Cl2OS2/c3-1-6-5-7-2-4/h1-2H2. The first-order valence-corrected chi connectivity index (χ1v) is 4.34. The van der Waals surface area contributed by atoms with Gasteiger partial charge in [-0.15, -0.1) is 23.2 Å². The smallest absolute Gasteiger partial charge is 0.0955 e. The second-order valence-corrected chi connectivity index (χ2v) is 3.28. The molecule has 0 spiro atoms. The number of hydrogen-bond donors (Lipinski definition) is 0. The van der Waals surface area contributed by atoms with Crippen LogP contribution in [0.5, 0.6) is 0 Å². The van der Waals surface area contributed by atoms with Crippen LogP contribution in [0.25, 0.3) is 0 Å². The van der Waals surface area contributed by atoms with Gasteiger partial charge in [-0.3, -0.25) is 0 Å². The van der Waals surface area contributed by atoms with Crippen molar-refractivity contribution in [2.24, 2.45) is 0 Å². The molecule has 0 bridgehead atoms. The van der Waals surface area contributed by atoms with Gasteiger partial charge < -0.3 is 0 Å². The monoisotopic (exact) mass is 178 g/mol. The Morgan fingerprint density at radius 2 is 1.57 bits per heavy atom. The molecule has 0 aliphatic carbocycles. The fourth-order valence-electron chi connectivity index (χ4n) is 0.0704. The van der Waals surface area contributed by atoms with Crippen molar-refractivity contribution >= 4 is 47.3 Å². The predicted molar refractivity (Wildman–Crippen MR) is 37.7 cm³/mol. The second kappa shape index (κ2) is 7.24. The van der Waals surface area contributed by atoms with Crippen molar-refractivity contribution in [1.82, 2.24) is 0 Å². The summed E-state index contributed by atoms with van der Waals surface area (Å²) in [4.78, 5) is 0. The van der Waals surface area contributed by atoms with Crippen LogP contribution < -0.4 is 0 Å². The molecular weight excluding hydrogens is 175 g/mol. The SMILES string of the molecule is ClCSOSCCl. The fraction of sp³-hybridized carbons (Fsp3) is 1.00. The van der Waals surface area contributed by atoms with Crippen LogP contribution in [-0.2, 0) is 3.63 Å². The maximum absolute atomic E-state index is 5.22. The molecule has 0 amide bonds. The Morgan fingerprint density at radius 1 is 1.14 bits per heavy atom. The lowest BCUT2D eigenvalue weighted by molar-refractivity contribution is 0.766. The molecule has 0 fully saturated rings. The van der Waals surface area contributed by atoms with Gasteiger partial charge in [0.15, 0.2) is 0 Å². The quantitative estimate of drug-likeness (QED) is 0.373. The number of halogens is 2. The molecule has 0 aromatic heterocycles. The molecule has 0 unspecified atom stereocenters. The maximum atomic E-state index is 5.22. The van der Waals surface area contributed by atoms with Crippen LogP contribution >= 0.6 is 47.3 Å². The van der Waals surface area contributed by atoms with Gasteiger partial charge in [0.25, 0.3) is 0 Å². The van der Waals surface area contributed by atoms with Gasteiger partial charge >= 0.3 is 0 Å². The van der Waals surface area contributed by atoms with Crippen LogP contribution in [0.2, 0.25) is 0 Å². The molecule has 0 aliphatic heterocycles. The van der Waals surface area contributed by atoms with E-state index in [2.05, 4.69) is 0 Å². The third kappa shape index (κ3) is 7.24. The molecule has 0 aromatic carbocycles. The Kier molecular flexibility index (Phi) is 8.52. The lowest BCUT2D eigenvalue weighted by Crippen LogP contribution is -1.63. The van der Waals surface area contributed by atoms with Crippen molar-refractivity contribution in [1.29, 1.82) is 0 Å². The molecule has 7 heavy (non-hydrogen) atoms. The van der Waals surface area contributed by atoms with Crippen LogP contribution in [0, 0.1) is 0 Å². The summed E-state index contributed by atoms with van der Waals surface area (Å²) in [5.74, 6) is 0. The van der Waals surface area contributed by atoms with Crippen LogP contribution in [0.3, 0.4) is 0 Å². The van der Waals surface area contributed by atoms with E-state index in [1.807, 2.05) is 0 Å². The van der Waals surface area contributed by atoms with Gasteiger partial charge in [0, 0.05) is 24.1 Å². The van der Waals surface area contributed by atoms with Gasteiger partial charge in [0.1, 0.15) is 0 Å². The largest absolute Gasteiger partial charge is 0.245 e. The molecule has 0 saturated heterocycles. The highest BCUT2D eigenvalue weighted by atomic mass is 35.5. The summed E-state index contributed by atoms with van der Waals surface area (Å²) in [5, 5.41) is 0.897. The minimum absolute atomic E-state index is 0.448. The van der Waals surface area contributed by atoms with Gasteiger partial charge in [-0.1, -0.05) is 0 Å². The topological polar surface area (TPSA) is 9.23 Å². The van der Waals surface area contributed by atoms with Crippen molar-refractivity contribution in [3.63, 3.8) is 0 Å². The average Bonchev–Trinajstić information content (AvgIpc) is 1.69. The van der Waals surface area contributed by atoms with Crippen molar-refractivity contribution in [3.05, 3.63) is 0 Å². The molecule has 1 nitrogen and oxygen atoms in total. The predicted octanol–water partition coefficient (Wildman–Crippen LogP) is 2.69. The minimum Gasteiger partial charge on any atom is -0.245 e. The number of alkyl halides is 2. The Morgan fingerprint density at radius 3 is 1.86 bits per heavy atom.